The van der Waals surface area contributed by atoms with Gasteiger partial charge in [-0.3, -0.25) is 4.79 Å². The van der Waals surface area contributed by atoms with E-state index in [9.17, 15) is 4.79 Å². The van der Waals surface area contributed by atoms with E-state index in [1.165, 1.54) is 11.4 Å². The third kappa shape index (κ3) is 3.20. The molecule has 1 aliphatic heterocycles. The molecule has 0 saturated carbocycles. The monoisotopic (exact) mass is 262 g/mol. The number of carbonyl (C=O) groups is 1. The molecule has 0 atom stereocenters. The molecule has 0 unspecified atom stereocenters. The quantitative estimate of drug-likeness (QED) is 0.815. The minimum atomic E-state index is 0.348. The minimum Gasteiger partial charge on any atom is -0.346 e. The van der Waals surface area contributed by atoms with Crippen LogP contribution >= 0.6 is 0 Å². The van der Waals surface area contributed by atoms with E-state index in [1.54, 1.807) is 0 Å². The summed E-state index contributed by atoms with van der Waals surface area (Å²) in [5.41, 5.74) is 2.68. The van der Waals surface area contributed by atoms with Crippen LogP contribution in [0.1, 0.15) is 56.5 Å². The van der Waals surface area contributed by atoms with Crippen LogP contribution in [0.25, 0.3) is 0 Å². The molecule has 0 aromatic carbocycles. The third-order valence-electron chi connectivity index (χ3n) is 4.25. The third-order valence-corrected chi connectivity index (χ3v) is 4.25. The van der Waals surface area contributed by atoms with Gasteiger partial charge < -0.3 is 9.47 Å². The van der Waals surface area contributed by atoms with E-state index in [4.69, 9.17) is 0 Å². The van der Waals surface area contributed by atoms with Crippen LogP contribution in [0, 0.1) is 13.8 Å². The molecule has 0 N–H and O–H groups in total. The molecule has 0 radical (unpaired) electrons. The summed E-state index contributed by atoms with van der Waals surface area (Å²) in [5, 5.41) is 0. The van der Waals surface area contributed by atoms with Gasteiger partial charge in [0.05, 0.1) is 0 Å². The van der Waals surface area contributed by atoms with Crippen molar-refractivity contribution in [1.29, 1.82) is 0 Å². The number of hydrogen-bond donors (Lipinski definition) is 0. The number of likely N-dealkylation sites (tertiary alicyclic amines) is 1. The molecule has 2 heterocycles. The number of hydrogen-bond acceptors (Lipinski definition) is 1. The summed E-state index contributed by atoms with van der Waals surface area (Å²) in [6.07, 6.45) is 5.03. The van der Waals surface area contributed by atoms with Gasteiger partial charge in [0.25, 0.3) is 0 Å². The second kappa shape index (κ2) is 6.27. The van der Waals surface area contributed by atoms with E-state index in [2.05, 4.69) is 42.4 Å². The molecule has 1 aromatic rings. The number of amides is 1. The summed E-state index contributed by atoms with van der Waals surface area (Å²) in [6.45, 7) is 8.32. The number of unbranched alkanes of at least 4 members (excludes halogenated alkanes) is 1. The zero-order valence-corrected chi connectivity index (χ0v) is 12.5. The minimum absolute atomic E-state index is 0.348. The second-order valence-electron chi connectivity index (χ2n) is 5.70. The lowest BCUT2D eigenvalue weighted by atomic mass is 10.0. The lowest BCUT2D eigenvalue weighted by Crippen LogP contribution is -2.39. The first-order valence-corrected chi connectivity index (χ1v) is 7.55. The van der Waals surface area contributed by atoms with Crippen molar-refractivity contribution in [3.63, 3.8) is 0 Å². The summed E-state index contributed by atoms with van der Waals surface area (Å²) in [7, 11) is 0. The van der Waals surface area contributed by atoms with Crippen molar-refractivity contribution in [1.82, 2.24) is 9.47 Å². The highest BCUT2D eigenvalue weighted by Crippen LogP contribution is 2.26. The van der Waals surface area contributed by atoms with E-state index in [0.29, 0.717) is 11.9 Å². The van der Waals surface area contributed by atoms with Crippen LogP contribution in [0.3, 0.4) is 0 Å². The molecule has 19 heavy (non-hydrogen) atoms. The number of aryl methyl sites for hydroxylation is 2. The van der Waals surface area contributed by atoms with E-state index in [-0.39, 0.29) is 0 Å². The molecule has 106 valence electrons. The Morgan fingerprint density at radius 2 is 1.79 bits per heavy atom. The number of nitrogens with zero attached hydrogens (tertiary/aromatic N) is 2. The number of piperidine rings is 1. The van der Waals surface area contributed by atoms with Crippen LogP contribution in [0.2, 0.25) is 0 Å². The summed E-state index contributed by atoms with van der Waals surface area (Å²) in [4.78, 5) is 14.1. The summed E-state index contributed by atoms with van der Waals surface area (Å²) in [5.74, 6) is 0.348. The van der Waals surface area contributed by atoms with Gasteiger partial charge in [-0.15, -0.1) is 0 Å². The average Bonchev–Trinajstić information content (AvgIpc) is 2.76. The molecule has 1 amide bonds. The van der Waals surface area contributed by atoms with Gasteiger partial charge in [0.2, 0.25) is 5.91 Å². The van der Waals surface area contributed by atoms with Gasteiger partial charge in [-0.05, 0) is 45.2 Å². The largest absolute Gasteiger partial charge is 0.346 e. The van der Waals surface area contributed by atoms with E-state index < -0.39 is 0 Å². The van der Waals surface area contributed by atoms with Crippen molar-refractivity contribution in [2.24, 2.45) is 0 Å². The molecule has 1 aromatic heterocycles. The first-order chi connectivity index (χ1) is 9.13. The lowest BCUT2D eigenvalue weighted by molar-refractivity contribution is -0.132. The Hall–Kier alpha value is -1.25. The molecule has 0 bridgehead atoms. The van der Waals surface area contributed by atoms with E-state index in [1.807, 2.05) is 0 Å². The Morgan fingerprint density at radius 1 is 1.21 bits per heavy atom. The van der Waals surface area contributed by atoms with Crippen LogP contribution in [-0.4, -0.2) is 28.5 Å². The molecule has 0 aliphatic carbocycles. The Labute approximate surface area is 116 Å². The number of rotatable bonds is 4. The van der Waals surface area contributed by atoms with Crippen LogP contribution < -0.4 is 0 Å². The molecule has 1 fully saturated rings. The molecule has 3 heteroatoms. The Morgan fingerprint density at radius 3 is 2.32 bits per heavy atom. The van der Waals surface area contributed by atoms with Crippen molar-refractivity contribution < 1.29 is 4.79 Å². The zero-order valence-electron chi connectivity index (χ0n) is 12.5. The molecular weight excluding hydrogens is 236 g/mol. The Bertz CT molecular complexity index is 408. The standard InChI is InChI=1S/C16H26N2O/c1-4-5-6-16(19)17-11-9-15(10-12-17)18-13(2)7-8-14(18)3/h7-8,15H,4-6,9-12H2,1-3H3. The van der Waals surface area contributed by atoms with Gasteiger partial charge in [-0.25, -0.2) is 0 Å². The van der Waals surface area contributed by atoms with Crippen molar-refractivity contribution in [3.8, 4) is 0 Å². The first kappa shape index (κ1) is 14.2. The lowest BCUT2D eigenvalue weighted by Gasteiger charge is -2.34. The van der Waals surface area contributed by atoms with Gasteiger partial charge >= 0.3 is 0 Å². The normalized spacial score (nSPS) is 16.9. The van der Waals surface area contributed by atoms with Crippen molar-refractivity contribution >= 4 is 5.91 Å². The SMILES string of the molecule is CCCCC(=O)N1CCC(n2c(C)ccc2C)CC1. The highest BCUT2D eigenvalue weighted by molar-refractivity contribution is 5.76. The highest BCUT2D eigenvalue weighted by atomic mass is 16.2. The van der Waals surface area contributed by atoms with Crippen LogP contribution in [0.15, 0.2) is 12.1 Å². The van der Waals surface area contributed by atoms with Crippen molar-refractivity contribution in [2.45, 2.75) is 58.9 Å². The predicted molar refractivity (Wildman–Crippen MR) is 78.3 cm³/mol. The maximum atomic E-state index is 12.0. The van der Waals surface area contributed by atoms with Crippen molar-refractivity contribution in [2.75, 3.05) is 13.1 Å². The average molecular weight is 262 g/mol. The molecule has 3 nitrogen and oxygen atoms in total. The second-order valence-corrected chi connectivity index (χ2v) is 5.70. The van der Waals surface area contributed by atoms with Gasteiger partial charge in [-0.1, -0.05) is 13.3 Å². The van der Waals surface area contributed by atoms with E-state index >= 15 is 0 Å². The van der Waals surface area contributed by atoms with Gasteiger partial charge in [0, 0.05) is 36.9 Å². The zero-order chi connectivity index (χ0) is 13.8. The molecule has 1 aliphatic rings. The fourth-order valence-corrected chi connectivity index (χ4v) is 3.12. The van der Waals surface area contributed by atoms with Crippen LogP contribution in [0.4, 0.5) is 0 Å². The molecule has 2 rings (SSSR count). The van der Waals surface area contributed by atoms with Gasteiger partial charge in [-0.2, -0.15) is 0 Å². The van der Waals surface area contributed by atoms with Crippen LogP contribution in [0.5, 0.6) is 0 Å². The van der Waals surface area contributed by atoms with Crippen molar-refractivity contribution in [3.05, 3.63) is 23.5 Å². The van der Waals surface area contributed by atoms with E-state index in [0.717, 1.165) is 45.2 Å². The highest BCUT2D eigenvalue weighted by Gasteiger charge is 2.24. The maximum Gasteiger partial charge on any atom is 0.222 e. The topological polar surface area (TPSA) is 25.2 Å². The van der Waals surface area contributed by atoms with Crippen LogP contribution in [-0.2, 0) is 4.79 Å². The summed E-state index contributed by atoms with van der Waals surface area (Å²) >= 11 is 0. The fourth-order valence-electron chi connectivity index (χ4n) is 3.12. The molecule has 1 saturated heterocycles. The molecular formula is C16H26N2O. The Balaban J connectivity index is 1.91. The molecule has 0 spiro atoms. The van der Waals surface area contributed by atoms with Gasteiger partial charge in [0.1, 0.15) is 0 Å². The maximum absolute atomic E-state index is 12.0. The number of carbonyl (C=O) groups excluding carboxylic acids is 1. The summed E-state index contributed by atoms with van der Waals surface area (Å²) in [6, 6.07) is 4.95. The number of aromatic nitrogens is 1. The fraction of sp³-hybridized carbons (Fsp3) is 0.688. The predicted octanol–water partition coefficient (Wildman–Crippen LogP) is 3.46. The smallest absolute Gasteiger partial charge is 0.222 e. The first-order valence-electron chi connectivity index (χ1n) is 7.55. The van der Waals surface area contributed by atoms with Gasteiger partial charge in [0.15, 0.2) is 0 Å². The summed E-state index contributed by atoms with van der Waals surface area (Å²) < 4.78 is 2.44. The Kier molecular flexibility index (Phi) is 4.67.